The molecular formula is C16H17N3. The highest BCUT2D eigenvalue weighted by Crippen LogP contribution is 2.32. The van der Waals surface area contributed by atoms with Gasteiger partial charge in [-0.1, -0.05) is 30.3 Å². The zero-order valence-corrected chi connectivity index (χ0v) is 11.2. The van der Waals surface area contributed by atoms with Gasteiger partial charge in [0.25, 0.3) is 0 Å². The van der Waals surface area contributed by atoms with Gasteiger partial charge in [-0.3, -0.25) is 4.68 Å². The number of nitrogens with zero attached hydrogens (tertiary/aromatic N) is 2. The first kappa shape index (κ1) is 11.8. The van der Waals surface area contributed by atoms with Crippen molar-refractivity contribution >= 4 is 16.6 Å². The summed E-state index contributed by atoms with van der Waals surface area (Å²) in [6.45, 7) is 4.25. The minimum atomic E-state index is 0.322. The van der Waals surface area contributed by atoms with E-state index in [4.69, 9.17) is 5.73 Å². The van der Waals surface area contributed by atoms with Gasteiger partial charge >= 0.3 is 0 Å². The maximum Gasteiger partial charge on any atom is 0.0712 e. The average molecular weight is 251 g/mol. The van der Waals surface area contributed by atoms with E-state index in [0.29, 0.717) is 6.04 Å². The van der Waals surface area contributed by atoms with E-state index >= 15 is 0 Å². The van der Waals surface area contributed by atoms with Crippen LogP contribution in [0, 0.1) is 0 Å². The topological polar surface area (TPSA) is 43.8 Å². The maximum absolute atomic E-state index is 6.05. The number of anilines is 1. The Labute approximate surface area is 112 Å². The monoisotopic (exact) mass is 251 g/mol. The van der Waals surface area contributed by atoms with Crippen LogP contribution in [0.25, 0.3) is 22.0 Å². The largest absolute Gasteiger partial charge is 0.399 e. The Hall–Kier alpha value is -2.29. The minimum absolute atomic E-state index is 0.322. The molecule has 0 aliphatic rings. The second-order valence-electron chi connectivity index (χ2n) is 5.05. The van der Waals surface area contributed by atoms with Crippen molar-refractivity contribution in [2.45, 2.75) is 19.9 Å². The molecule has 1 heterocycles. The van der Waals surface area contributed by atoms with Gasteiger partial charge in [0, 0.05) is 17.1 Å². The molecule has 0 saturated carbocycles. The molecule has 0 aliphatic heterocycles. The fourth-order valence-electron chi connectivity index (χ4n) is 2.44. The smallest absolute Gasteiger partial charge is 0.0712 e. The summed E-state index contributed by atoms with van der Waals surface area (Å²) in [6.07, 6.45) is 1.93. The third-order valence-electron chi connectivity index (χ3n) is 3.31. The predicted octanol–water partition coefficient (Wildman–Crippen LogP) is 3.87. The predicted molar refractivity (Wildman–Crippen MR) is 80.0 cm³/mol. The van der Waals surface area contributed by atoms with Crippen LogP contribution in [0.15, 0.2) is 48.7 Å². The lowest BCUT2D eigenvalue weighted by Crippen LogP contribution is -2.02. The zero-order valence-electron chi connectivity index (χ0n) is 11.2. The van der Waals surface area contributed by atoms with Crippen molar-refractivity contribution in [3.8, 4) is 11.1 Å². The van der Waals surface area contributed by atoms with Crippen molar-refractivity contribution in [3.63, 3.8) is 0 Å². The van der Waals surface area contributed by atoms with E-state index in [0.717, 1.165) is 22.2 Å². The molecule has 3 nitrogen and oxygen atoms in total. The van der Waals surface area contributed by atoms with E-state index in [-0.39, 0.29) is 0 Å². The molecule has 0 bridgehead atoms. The van der Waals surface area contributed by atoms with Crippen LogP contribution in [-0.4, -0.2) is 9.78 Å². The molecule has 0 amide bonds. The average Bonchev–Trinajstić information content (AvgIpc) is 2.82. The van der Waals surface area contributed by atoms with Crippen molar-refractivity contribution in [2.24, 2.45) is 0 Å². The Morgan fingerprint density at radius 3 is 2.53 bits per heavy atom. The highest BCUT2D eigenvalue weighted by Gasteiger charge is 2.11. The second kappa shape index (κ2) is 4.43. The van der Waals surface area contributed by atoms with E-state index in [1.54, 1.807) is 0 Å². The van der Waals surface area contributed by atoms with Gasteiger partial charge in [-0.2, -0.15) is 5.10 Å². The number of hydrogen-bond acceptors (Lipinski definition) is 2. The molecule has 0 saturated heterocycles. The van der Waals surface area contributed by atoms with Crippen LogP contribution in [0.3, 0.4) is 0 Å². The summed E-state index contributed by atoms with van der Waals surface area (Å²) in [5.74, 6) is 0. The van der Waals surface area contributed by atoms with Crippen LogP contribution in [0.1, 0.15) is 19.9 Å². The van der Waals surface area contributed by atoms with Crippen LogP contribution in [0.4, 0.5) is 5.69 Å². The standard InChI is InChI=1S/C16H17N3/c1-11(2)19-16-9-13(17)8-14(15(16)10-18-19)12-6-4-3-5-7-12/h3-11H,17H2,1-2H3. The Bertz CT molecular complexity index is 711. The molecule has 3 aromatic rings. The molecule has 0 aliphatic carbocycles. The summed E-state index contributed by atoms with van der Waals surface area (Å²) in [7, 11) is 0. The quantitative estimate of drug-likeness (QED) is 0.703. The molecule has 1 aromatic heterocycles. The molecule has 0 spiro atoms. The van der Waals surface area contributed by atoms with Gasteiger partial charge in [0.2, 0.25) is 0 Å². The van der Waals surface area contributed by atoms with Crippen molar-refractivity contribution < 1.29 is 0 Å². The van der Waals surface area contributed by atoms with E-state index in [1.165, 1.54) is 5.56 Å². The molecule has 3 rings (SSSR count). The van der Waals surface area contributed by atoms with E-state index < -0.39 is 0 Å². The number of nitrogen functional groups attached to an aromatic ring is 1. The van der Waals surface area contributed by atoms with Gasteiger partial charge in [-0.05, 0) is 37.1 Å². The van der Waals surface area contributed by atoms with E-state index in [9.17, 15) is 0 Å². The number of benzene rings is 2. The first-order valence-corrected chi connectivity index (χ1v) is 6.49. The van der Waals surface area contributed by atoms with Gasteiger partial charge in [0.15, 0.2) is 0 Å². The molecule has 0 fully saturated rings. The number of aromatic nitrogens is 2. The molecule has 2 aromatic carbocycles. The van der Waals surface area contributed by atoms with Gasteiger partial charge < -0.3 is 5.73 Å². The molecule has 19 heavy (non-hydrogen) atoms. The van der Waals surface area contributed by atoms with Crippen molar-refractivity contribution in [1.82, 2.24) is 9.78 Å². The molecular weight excluding hydrogens is 234 g/mol. The third kappa shape index (κ3) is 1.97. The SMILES string of the molecule is CC(C)n1ncc2c(-c3ccccc3)cc(N)cc21. The van der Waals surface area contributed by atoms with Crippen LogP contribution < -0.4 is 5.73 Å². The normalized spacial score (nSPS) is 11.3. The second-order valence-corrected chi connectivity index (χ2v) is 5.05. The van der Waals surface area contributed by atoms with Crippen LogP contribution >= 0.6 is 0 Å². The van der Waals surface area contributed by atoms with Crippen molar-refractivity contribution in [1.29, 1.82) is 0 Å². The Morgan fingerprint density at radius 1 is 1.11 bits per heavy atom. The molecule has 3 heteroatoms. The lowest BCUT2D eigenvalue weighted by Gasteiger charge is -2.10. The summed E-state index contributed by atoms with van der Waals surface area (Å²) in [6, 6.07) is 14.6. The minimum Gasteiger partial charge on any atom is -0.399 e. The first-order chi connectivity index (χ1) is 9.16. The summed E-state index contributed by atoms with van der Waals surface area (Å²) in [5.41, 5.74) is 10.2. The third-order valence-corrected chi connectivity index (χ3v) is 3.31. The highest BCUT2D eigenvalue weighted by atomic mass is 15.3. The Kier molecular flexibility index (Phi) is 2.75. The molecule has 0 radical (unpaired) electrons. The number of nitrogens with two attached hydrogens (primary N) is 1. The first-order valence-electron chi connectivity index (χ1n) is 6.49. The Morgan fingerprint density at radius 2 is 1.84 bits per heavy atom. The van der Waals surface area contributed by atoms with Crippen LogP contribution in [0.5, 0.6) is 0 Å². The van der Waals surface area contributed by atoms with E-state index in [1.807, 2.05) is 41.2 Å². The highest BCUT2D eigenvalue weighted by molar-refractivity contribution is 5.97. The summed E-state index contributed by atoms with van der Waals surface area (Å²) in [4.78, 5) is 0. The van der Waals surface area contributed by atoms with Crippen molar-refractivity contribution in [3.05, 3.63) is 48.7 Å². The number of hydrogen-bond donors (Lipinski definition) is 1. The molecule has 96 valence electrons. The molecule has 2 N–H and O–H groups in total. The maximum atomic E-state index is 6.05. The lowest BCUT2D eigenvalue weighted by molar-refractivity contribution is 0.551. The van der Waals surface area contributed by atoms with Crippen molar-refractivity contribution in [2.75, 3.05) is 5.73 Å². The number of rotatable bonds is 2. The van der Waals surface area contributed by atoms with E-state index in [2.05, 4.69) is 31.1 Å². The zero-order chi connectivity index (χ0) is 13.4. The van der Waals surface area contributed by atoms with Crippen LogP contribution in [0.2, 0.25) is 0 Å². The Balaban J connectivity index is 2.31. The van der Waals surface area contributed by atoms with Gasteiger partial charge in [0.1, 0.15) is 0 Å². The molecule has 0 atom stereocenters. The lowest BCUT2D eigenvalue weighted by atomic mass is 10.0. The van der Waals surface area contributed by atoms with Gasteiger partial charge in [-0.15, -0.1) is 0 Å². The van der Waals surface area contributed by atoms with Gasteiger partial charge in [-0.25, -0.2) is 0 Å². The van der Waals surface area contributed by atoms with Gasteiger partial charge in [0.05, 0.1) is 11.7 Å². The summed E-state index contributed by atoms with van der Waals surface area (Å²) >= 11 is 0. The van der Waals surface area contributed by atoms with Crippen LogP contribution in [-0.2, 0) is 0 Å². The number of fused-ring (bicyclic) bond motifs is 1. The summed E-state index contributed by atoms with van der Waals surface area (Å²) in [5, 5.41) is 5.63. The fraction of sp³-hybridized carbons (Fsp3) is 0.188. The fourth-order valence-corrected chi connectivity index (χ4v) is 2.44. The molecule has 0 unspecified atom stereocenters. The summed E-state index contributed by atoms with van der Waals surface area (Å²) < 4.78 is 2.01.